The van der Waals surface area contributed by atoms with Gasteiger partial charge in [0.2, 0.25) is 0 Å². The molecule has 0 saturated carbocycles. The predicted octanol–water partition coefficient (Wildman–Crippen LogP) is 3.48. The van der Waals surface area contributed by atoms with Gasteiger partial charge in [-0.2, -0.15) is 0 Å². The average Bonchev–Trinajstić information content (AvgIpc) is 2.96. The van der Waals surface area contributed by atoms with E-state index < -0.39 is 6.10 Å². The molecule has 28 heavy (non-hydrogen) atoms. The summed E-state index contributed by atoms with van der Waals surface area (Å²) in [5.74, 6) is 1.36. The van der Waals surface area contributed by atoms with Gasteiger partial charge in [-0.3, -0.25) is 4.90 Å². The van der Waals surface area contributed by atoms with Crippen LogP contribution in [0.2, 0.25) is 0 Å². The van der Waals surface area contributed by atoms with Gasteiger partial charge in [0.1, 0.15) is 12.7 Å². The Morgan fingerprint density at radius 1 is 1.11 bits per heavy atom. The predicted molar refractivity (Wildman–Crippen MR) is 115 cm³/mol. The minimum Gasteiger partial charge on any atom is -0.493 e. The first-order valence-corrected chi connectivity index (χ1v) is 10.3. The van der Waals surface area contributed by atoms with Crippen LogP contribution in [0.4, 0.5) is 0 Å². The number of rotatable bonds is 12. The molecular formula is C23H36N2O3. The maximum absolute atomic E-state index is 10.4. The standard InChI is InChI=1S/C23H36N2O3/c1-4-12-24(13-5-2)17-20-10-11-22(23(16-20)27-3)28-19-21(26)18-25-14-8-6-7-9-15-25/h4-5,10-11,16,21,26H,1-2,6-9,12-15,17-19H2,3H3. The van der Waals surface area contributed by atoms with E-state index in [1.165, 1.54) is 25.7 Å². The molecule has 5 nitrogen and oxygen atoms in total. The van der Waals surface area contributed by atoms with Crippen molar-refractivity contribution in [2.75, 3.05) is 46.4 Å². The van der Waals surface area contributed by atoms with E-state index in [2.05, 4.69) is 23.0 Å². The van der Waals surface area contributed by atoms with Crippen molar-refractivity contribution in [2.24, 2.45) is 0 Å². The number of likely N-dealkylation sites (tertiary alicyclic amines) is 1. The number of ether oxygens (including phenoxy) is 2. The molecule has 156 valence electrons. The Hall–Kier alpha value is -1.82. The van der Waals surface area contributed by atoms with Crippen molar-refractivity contribution in [3.8, 4) is 11.5 Å². The highest BCUT2D eigenvalue weighted by Crippen LogP contribution is 2.28. The van der Waals surface area contributed by atoms with E-state index in [1.54, 1.807) is 7.11 Å². The first-order valence-electron chi connectivity index (χ1n) is 10.3. The number of hydrogen-bond donors (Lipinski definition) is 1. The number of benzene rings is 1. The highest BCUT2D eigenvalue weighted by molar-refractivity contribution is 5.43. The molecule has 1 aliphatic rings. The largest absolute Gasteiger partial charge is 0.493 e. The zero-order chi connectivity index (χ0) is 20.2. The number of β-amino-alcohol motifs (C(OH)–C–C–N with tert-alkyl or cyclic N) is 1. The Labute approximate surface area is 170 Å². The quantitative estimate of drug-likeness (QED) is 0.556. The van der Waals surface area contributed by atoms with E-state index in [9.17, 15) is 5.11 Å². The fourth-order valence-electron chi connectivity index (χ4n) is 3.61. The van der Waals surface area contributed by atoms with Gasteiger partial charge in [0, 0.05) is 26.2 Å². The van der Waals surface area contributed by atoms with Crippen LogP contribution in [0.15, 0.2) is 43.5 Å². The van der Waals surface area contributed by atoms with Gasteiger partial charge in [0.15, 0.2) is 11.5 Å². The zero-order valence-corrected chi connectivity index (χ0v) is 17.3. The van der Waals surface area contributed by atoms with E-state index in [0.717, 1.165) is 38.3 Å². The second-order valence-electron chi connectivity index (χ2n) is 7.44. The maximum Gasteiger partial charge on any atom is 0.161 e. The minimum atomic E-state index is -0.502. The Bertz CT molecular complexity index is 588. The first kappa shape index (κ1) is 22.5. The Kier molecular flexibility index (Phi) is 10.1. The van der Waals surface area contributed by atoms with Crippen LogP contribution in [0.1, 0.15) is 31.2 Å². The lowest BCUT2D eigenvalue weighted by Crippen LogP contribution is -2.36. The molecule has 1 unspecified atom stereocenters. The number of methoxy groups -OCH3 is 1. The number of aliphatic hydroxyl groups is 1. The van der Waals surface area contributed by atoms with Gasteiger partial charge in [0.25, 0.3) is 0 Å². The summed E-state index contributed by atoms with van der Waals surface area (Å²) in [7, 11) is 1.64. The summed E-state index contributed by atoms with van der Waals surface area (Å²) in [5, 5.41) is 10.4. The molecule has 0 bridgehead atoms. The van der Waals surface area contributed by atoms with Crippen LogP contribution < -0.4 is 9.47 Å². The van der Waals surface area contributed by atoms with Crippen LogP contribution in [0.5, 0.6) is 11.5 Å². The van der Waals surface area contributed by atoms with Crippen LogP contribution in [0.3, 0.4) is 0 Å². The van der Waals surface area contributed by atoms with Crippen molar-refractivity contribution < 1.29 is 14.6 Å². The van der Waals surface area contributed by atoms with Crippen molar-refractivity contribution >= 4 is 0 Å². The molecular weight excluding hydrogens is 352 g/mol. The van der Waals surface area contributed by atoms with E-state index in [0.29, 0.717) is 18.0 Å². The fourth-order valence-corrected chi connectivity index (χ4v) is 3.61. The van der Waals surface area contributed by atoms with Crippen LogP contribution in [-0.2, 0) is 6.54 Å². The second kappa shape index (κ2) is 12.6. The van der Waals surface area contributed by atoms with Crippen LogP contribution in [0, 0.1) is 0 Å². The van der Waals surface area contributed by atoms with Crippen molar-refractivity contribution in [3.05, 3.63) is 49.1 Å². The number of hydrogen-bond acceptors (Lipinski definition) is 5. The third-order valence-corrected chi connectivity index (χ3v) is 5.01. The van der Waals surface area contributed by atoms with Crippen molar-refractivity contribution in [3.63, 3.8) is 0 Å². The highest BCUT2D eigenvalue weighted by atomic mass is 16.5. The molecule has 5 heteroatoms. The summed E-state index contributed by atoms with van der Waals surface area (Å²) in [5.41, 5.74) is 1.14. The zero-order valence-electron chi connectivity index (χ0n) is 17.3. The summed E-state index contributed by atoms with van der Waals surface area (Å²) < 4.78 is 11.4. The molecule has 0 aliphatic carbocycles. The summed E-state index contributed by atoms with van der Waals surface area (Å²) in [6.07, 6.45) is 8.31. The van der Waals surface area contributed by atoms with Gasteiger partial charge >= 0.3 is 0 Å². The minimum absolute atomic E-state index is 0.269. The van der Waals surface area contributed by atoms with Crippen molar-refractivity contribution in [2.45, 2.75) is 38.3 Å². The summed E-state index contributed by atoms with van der Waals surface area (Å²) in [4.78, 5) is 4.58. The van der Waals surface area contributed by atoms with Gasteiger partial charge in [-0.1, -0.05) is 31.1 Å². The Morgan fingerprint density at radius 3 is 2.39 bits per heavy atom. The molecule has 1 aromatic rings. The Morgan fingerprint density at radius 2 is 1.79 bits per heavy atom. The van der Waals surface area contributed by atoms with Crippen LogP contribution >= 0.6 is 0 Å². The molecule has 1 fully saturated rings. The van der Waals surface area contributed by atoms with E-state index in [4.69, 9.17) is 9.47 Å². The molecule has 0 spiro atoms. The van der Waals surface area contributed by atoms with Gasteiger partial charge in [0.05, 0.1) is 7.11 Å². The molecule has 1 aliphatic heterocycles. The fraction of sp³-hybridized carbons (Fsp3) is 0.565. The maximum atomic E-state index is 10.4. The van der Waals surface area contributed by atoms with Crippen LogP contribution in [-0.4, -0.2) is 67.5 Å². The van der Waals surface area contributed by atoms with Crippen molar-refractivity contribution in [1.82, 2.24) is 9.80 Å². The van der Waals surface area contributed by atoms with Crippen LogP contribution in [0.25, 0.3) is 0 Å². The topological polar surface area (TPSA) is 45.2 Å². The van der Waals surface area contributed by atoms with Gasteiger partial charge in [-0.15, -0.1) is 13.2 Å². The lowest BCUT2D eigenvalue weighted by atomic mass is 10.2. The highest BCUT2D eigenvalue weighted by Gasteiger charge is 2.15. The van der Waals surface area contributed by atoms with Gasteiger partial charge in [-0.25, -0.2) is 0 Å². The molecule has 0 amide bonds. The molecule has 0 aromatic heterocycles. The SMILES string of the molecule is C=CCN(CC=C)Cc1ccc(OCC(O)CN2CCCCCC2)c(OC)c1. The van der Waals surface area contributed by atoms with E-state index in [-0.39, 0.29) is 6.61 Å². The monoisotopic (exact) mass is 388 g/mol. The van der Waals surface area contributed by atoms with E-state index in [1.807, 2.05) is 30.4 Å². The van der Waals surface area contributed by atoms with Crippen molar-refractivity contribution in [1.29, 1.82) is 0 Å². The summed E-state index contributed by atoms with van der Waals surface area (Å²) in [6, 6.07) is 5.96. The molecule has 1 N–H and O–H groups in total. The third-order valence-electron chi connectivity index (χ3n) is 5.01. The summed E-state index contributed by atoms with van der Waals surface area (Å²) in [6.45, 7) is 13.1. The van der Waals surface area contributed by atoms with Gasteiger partial charge in [-0.05, 0) is 43.6 Å². The molecule has 1 heterocycles. The lowest BCUT2D eigenvalue weighted by molar-refractivity contribution is 0.0683. The van der Waals surface area contributed by atoms with Gasteiger partial charge < -0.3 is 19.5 Å². The molecule has 0 radical (unpaired) electrons. The number of nitrogens with zero attached hydrogens (tertiary/aromatic N) is 2. The molecule has 1 aromatic carbocycles. The number of aliphatic hydroxyl groups excluding tert-OH is 1. The normalized spacial score (nSPS) is 16.4. The second-order valence-corrected chi connectivity index (χ2v) is 7.44. The third kappa shape index (κ3) is 7.66. The smallest absolute Gasteiger partial charge is 0.161 e. The summed E-state index contributed by atoms with van der Waals surface area (Å²) >= 11 is 0. The molecule has 2 rings (SSSR count). The van der Waals surface area contributed by atoms with E-state index >= 15 is 0 Å². The first-order chi connectivity index (χ1) is 13.7. The lowest BCUT2D eigenvalue weighted by Gasteiger charge is -2.23. The Balaban J connectivity index is 1.90. The molecule has 1 saturated heterocycles. The average molecular weight is 389 g/mol. The molecule has 1 atom stereocenters.